The number of para-hydroxylation sites is 1. The van der Waals surface area contributed by atoms with E-state index in [9.17, 15) is 4.79 Å². The van der Waals surface area contributed by atoms with Crippen LogP contribution in [-0.2, 0) is 0 Å². The van der Waals surface area contributed by atoms with Crippen molar-refractivity contribution in [2.45, 2.75) is 26.7 Å². The molecular weight excluding hydrogens is 298 g/mol. The van der Waals surface area contributed by atoms with E-state index in [-0.39, 0.29) is 5.91 Å². The maximum absolute atomic E-state index is 12.8. The van der Waals surface area contributed by atoms with Gasteiger partial charge >= 0.3 is 0 Å². The minimum Gasteiger partial charge on any atom is -0.342 e. The molecular formula is C20H25N3O. The minimum absolute atomic E-state index is 0.0486. The predicted molar refractivity (Wildman–Crippen MR) is 97.7 cm³/mol. The maximum atomic E-state index is 12.8. The van der Waals surface area contributed by atoms with Crippen LogP contribution in [0.2, 0.25) is 0 Å². The Labute approximate surface area is 144 Å². The third-order valence-electron chi connectivity index (χ3n) is 4.60. The van der Waals surface area contributed by atoms with Crippen LogP contribution in [0.3, 0.4) is 0 Å². The molecule has 0 spiro atoms. The molecule has 1 aliphatic rings. The van der Waals surface area contributed by atoms with E-state index >= 15 is 0 Å². The molecule has 2 heterocycles. The van der Waals surface area contributed by atoms with Gasteiger partial charge in [-0.1, -0.05) is 25.1 Å². The molecule has 0 N–H and O–H groups in total. The molecule has 1 aromatic carbocycles. The predicted octanol–water partition coefficient (Wildman–Crippen LogP) is 4.11. The van der Waals surface area contributed by atoms with Crippen LogP contribution in [-0.4, -0.2) is 35.4 Å². The number of piperidine rings is 1. The first-order chi connectivity index (χ1) is 11.7. The lowest BCUT2D eigenvalue weighted by Gasteiger charge is -2.31. The lowest BCUT2D eigenvalue weighted by molar-refractivity contribution is 0.0677. The summed E-state index contributed by atoms with van der Waals surface area (Å²) in [5.74, 6) is 0.620. The van der Waals surface area contributed by atoms with Crippen molar-refractivity contribution in [3.8, 4) is 0 Å². The number of pyridine rings is 1. The number of rotatable bonds is 4. The molecule has 1 aromatic heterocycles. The Morgan fingerprint density at radius 2 is 2.04 bits per heavy atom. The van der Waals surface area contributed by atoms with Gasteiger partial charge in [0.05, 0.1) is 0 Å². The van der Waals surface area contributed by atoms with Crippen LogP contribution in [0.25, 0.3) is 0 Å². The molecule has 126 valence electrons. The van der Waals surface area contributed by atoms with Gasteiger partial charge in [-0.3, -0.25) is 9.78 Å². The summed E-state index contributed by atoms with van der Waals surface area (Å²) in [6, 6.07) is 14.1. The number of anilines is 2. The highest BCUT2D eigenvalue weighted by atomic mass is 16.2. The van der Waals surface area contributed by atoms with Crippen molar-refractivity contribution in [1.82, 2.24) is 9.88 Å². The van der Waals surface area contributed by atoms with E-state index in [1.165, 1.54) is 6.42 Å². The molecule has 0 radical (unpaired) electrons. The molecule has 0 aliphatic carbocycles. The molecule has 24 heavy (non-hydrogen) atoms. The summed E-state index contributed by atoms with van der Waals surface area (Å²) in [4.78, 5) is 21.3. The summed E-state index contributed by atoms with van der Waals surface area (Å²) >= 11 is 0. The molecule has 0 bridgehead atoms. The van der Waals surface area contributed by atoms with Gasteiger partial charge in [-0.2, -0.15) is 0 Å². The van der Waals surface area contributed by atoms with E-state index in [1.807, 2.05) is 35.2 Å². The topological polar surface area (TPSA) is 36.4 Å². The molecule has 1 fully saturated rings. The van der Waals surface area contributed by atoms with E-state index in [2.05, 4.69) is 35.9 Å². The van der Waals surface area contributed by atoms with Crippen molar-refractivity contribution in [2.75, 3.05) is 24.5 Å². The molecule has 1 unspecified atom stereocenters. The quantitative estimate of drug-likeness (QED) is 0.849. The van der Waals surface area contributed by atoms with Crippen LogP contribution in [0.4, 0.5) is 11.4 Å². The molecule has 1 saturated heterocycles. The molecule has 1 amide bonds. The number of nitrogens with zero attached hydrogens (tertiary/aromatic N) is 3. The van der Waals surface area contributed by atoms with Crippen molar-refractivity contribution in [2.24, 2.45) is 5.92 Å². The van der Waals surface area contributed by atoms with Crippen LogP contribution in [0, 0.1) is 5.92 Å². The van der Waals surface area contributed by atoms with Gasteiger partial charge in [-0.25, -0.2) is 0 Å². The lowest BCUT2D eigenvalue weighted by atomic mass is 10.00. The van der Waals surface area contributed by atoms with Crippen LogP contribution in [0.15, 0.2) is 48.7 Å². The van der Waals surface area contributed by atoms with Gasteiger partial charge in [0.15, 0.2) is 0 Å². The van der Waals surface area contributed by atoms with Crippen LogP contribution in [0.1, 0.15) is 37.2 Å². The number of likely N-dealkylation sites (tertiary alicyclic amines) is 1. The number of hydrogen-bond acceptors (Lipinski definition) is 3. The highest BCUT2D eigenvalue weighted by Gasteiger charge is 2.23. The van der Waals surface area contributed by atoms with E-state index < -0.39 is 0 Å². The summed E-state index contributed by atoms with van der Waals surface area (Å²) in [6.45, 7) is 6.83. The summed E-state index contributed by atoms with van der Waals surface area (Å²) in [7, 11) is 0. The minimum atomic E-state index is 0.0486. The Balaban J connectivity index is 1.84. The monoisotopic (exact) mass is 323 g/mol. The number of carbonyl (C=O) groups is 1. The number of aromatic nitrogens is 1. The fourth-order valence-corrected chi connectivity index (χ4v) is 3.36. The van der Waals surface area contributed by atoms with Crippen LogP contribution in [0.5, 0.6) is 0 Å². The summed E-state index contributed by atoms with van der Waals surface area (Å²) in [5, 5.41) is 0. The van der Waals surface area contributed by atoms with E-state index in [0.29, 0.717) is 11.6 Å². The van der Waals surface area contributed by atoms with Gasteiger partial charge < -0.3 is 9.80 Å². The summed E-state index contributed by atoms with van der Waals surface area (Å²) < 4.78 is 0. The Morgan fingerprint density at radius 1 is 1.25 bits per heavy atom. The Morgan fingerprint density at radius 3 is 2.75 bits per heavy atom. The smallest absolute Gasteiger partial charge is 0.272 e. The molecule has 1 aliphatic heterocycles. The molecule has 0 saturated carbocycles. The number of carbonyl (C=O) groups excluding carboxylic acids is 1. The van der Waals surface area contributed by atoms with Crippen molar-refractivity contribution in [3.05, 3.63) is 54.4 Å². The molecule has 4 heteroatoms. The first-order valence-electron chi connectivity index (χ1n) is 8.77. The zero-order chi connectivity index (χ0) is 16.9. The molecule has 1 atom stereocenters. The van der Waals surface area contributed by atoms with Crippen LogP contribution < -0.4 is 4.90 Å². The number of hydrogen-bond donors (Lipinski definition) is 0. The van der Waals surface area contributed by atoms with Crippen molar-refractivity contribution in [3.63, 3.8) is 0 Å². The highest BCUT2D eigenvalue weighted by molar-refractivity contribution is 5.93. The fraction of sp³-hybridized carbons (Fsp3) is 0.400. The van der Waals surface area contributed by atoms with Gasteiger partial charge in [0.2, 0.25) is 0 Å². The van der Waals surface area contributed by atoms with E-state index in [4.69, 9.17) is 0 Å². The normalized spacial score (nSPS) is 17.6. The molecule has 2 aromatic rings. The van der Waals surface area contributed by atoms with Gasteiger partial charge in [0.25, 0.3) is 5.91 Å². The van der Waals surface area contributed by atoms with Crippen molar-refractivity contribution >= 4 is 17.3 Å². The molecule has 4 nitrogen and oxygen atoms in total. The average molecular weight is 323 g/mol. The van der Waals surface area contributed by atoms with Crippen molar-refractivity contribution < 1.29 is 4.79 Å². The molecule has 3 rings (SSSR count). The van der Waals surface area contributed by atoms with Gasteiger partial charge in [-0.05, 0) is 49.9 Å². The second-order valence-electron chi connectivity index (χ2n) is 6.48. The first kappa shape index (κ1) is 16.5. The number of amides is 1. The Hall–Kier alpha value is -2.36. The summed E-state index contributed by atoms with van der Waals surface area (Å²) in [6.07, 6.45) is 4.02. The van der Waals surface area contributed by atoms with E-state index in [0.717, 1.165) is 37.4 Å². The van der Waals surface area contributed by atoms with Crippen LogP contribution >= 0.6 is 0 Å². The largest absolute Gasteiger partial charge is 0.342 e. The third kappa shape index (κ3) is 3.58. The third-order valence-corrected chi connectivity index (χ3v) is 4.60. The fourth-order valence-electron chi connectivity index (χ4n) is 3.36. The Kier molecular flexibility index (Phi) is 5.14. The van der Waals surface area contributed by atoms with Gasteiger partial charge in [0.1, 0.15) is 5.69 Å². The Bertz CT molecular complexity index is 686. The average Bonchev–Trinajstić information content (AvgIpc) is 2.63. The van der Waals surface area contributed by atoms with E-state index in [1.54, 1.807) is 6.20 Å². The van der Waals surface area contributed by atoms with Gasteiger partial charge in [0, 0.05) is 37.2 Å². The second kappa shape index (κ2) is 7.47. The second-order valence-corrected chi connectivity index (χ2v) is 6.48. The zero-order valence-corrected chi connectivity index (χ0v) is 14.5. The summed E-state index contributed by atoms with van der Waals surface area (Å²) in [5.41, 5.74) is 2.67. The lowest BCUT2D eigenvalue weighted by Crippen LogP contribution is -2.39. The maximum Gasteiger partial charge on any atom is 0.272 e. The number of benzene rings is 1. The SMILES string of the molecule is CCN(c1ccccc1)c1ccnc(C(=O)N2CCCC(C)C2)c1. The highest BCUT2D eigenvalue weighted by Crippen LogP contribution is 2.25. The zero-order valence-electron chi connectivity index (χ0n) is 14.5. The van der Waals surface area contributed by atoms with Gasteiger partial charge in [-0.15, -0.1) is 0 Å². The standard InChI is InChI=1S/C20H25N3O/c1-3-23(17-9-5-4-6-10-17)18-11-12-21-19(14-18)20(24)22-13-7-8-16(2)15-22/h4-6,9-12,14,16H,3,7-8,13,15H2,1-2H3. The van der Waals surface area contributed by atoms with Crippen molar-refractivity contribution in [1.29, 1.82) is 0 Å². The first-order valence-corrected chi connectivity index (χ1v) is 8.77.